The van der Waals surface area contributed by atoms with Gasteiger partial charge in [-0.05, 0) is 74.1 Å². The Morgan fingerprint density at radius 3 is 1.45 bits per heavy atom. The van der Waals surface area contributed by atoms with Crippen LogP contribution in [-0.2, 0) is 0 Å². The van der Waals surface area contributed by atoms with Crippen molar-refractivity contribution < 1.29 is 4.42 Å². The van der Waals surface area contributed by atoms with Crippen LogP contribution in [0.25, 0.3) is 99.2 Å². The van der Waals surface area contributed by atoms with Crippen molar-refractivity contribution in [1.82, 2.24) is 15.0 Å². The average molecular weight is 600 g/mol. The third-order valence-electron chi connectivity index (χ3n) is 9.25. The molecule has 0 aliphatic rings. The molecule has 218 valence electrons. The van der Waals surface area contributed by atoms with E-state index in [-0.39, 0.29) is 0 Å². The van der Waals surface area contributed by atoms with Crippen LogP contribution in [0, 0.1) is 0 Å². The van der Waals surface area contributed by atoms with Crippen LogP contribution in [0.3, 0.4) is 0 Å². The Balaban J connectivity index is 1.23. The van der Waals surface area contributed by atoms with E-state index in [1.807, 2.05) is 6.07 Å². The molecule has 0 aliphatic carbocycles. The van der Waals surface area contributed by atoms with Crippen molar-refractivity contribution in [3.8, 4) is 34.2 Å². The second-order valence-corrected chi connectivity index (χ2v) is 12.1. The third kappa shape index (κ3) is 4.19. The van der Waals surface area contributed by atoms with E-state index in [4.69, 9.17) is 19.4 Å². The van der Waals surface area contributed by atoms with E-state index in [1.165, 1.54) is 32.3 Å². The highest BCUT2D eigenvalue weighted by Gasteiger charge is 2.17. The first-order valence-electron chi connectivity index (χ1n) is 15.8. The first-order chi connectivity index (χ1) is 23.2. The monoisotopic (exact) mass is 599 g/mol. The topological polar surface area (TPSA) is 51.8 Å². The summed E-state index contributed by atoms with van der Waals surface area (Å²) in [4.78, 5) is 15.2. The number of benzene rings is 8. The van der Waals surface area contributed by atoms with Crippen LogP contribution < -0.4 is 0 Å². The molecule has 0 bridgehead atoms. The zero-order valence-electron chi connectivity index (χ0n) is 25.2. The van der Waals surface area contributed by atoms with E-state index in [0.717, 1.165) is 49.4 Å². The fourth-order valence-electron chi connectivity index (χ4n) is 6.92. The summed E-state index contributed by atoms with van der Waals surface area (Å²) in [6.45, 7) is 0. The van der Waals surface area contributed by atoms with E-state index in [2.05, 4.69) is 146 Å². The molecule has 0 spiro atoms. The van der Waals surface area contributed by atoms with Gasteiger partial charge >= 0.3 is 0 Å². The minimum Gasteiger partial charge on any atom is -0.456 e. The zero-order chi connectivity index (χ0) is 30.9. The number of rotatable bonds is 3. The summed E-state index contributed by atoms with van der Waals surface area (Å²) in [6.07, 6.45) is 0. The lowest BCUT2D eigenvalue weighted by Gasteiger charge is -2.10. The molecule has 4 heteroatoms. The third-order valence-corrected chi connectivity index (χ3v) is 9.25. The summed E-state index contributed by atoms with van der Waals surface area (Å²) < 4.78 is 6.42. The van der Waals surface area contributed by atoms with Crippen molar-refractivity contribution >= 4 is 65.0 Å². The van der Waals surface area contributed by atoms with Crippen molar-refractivity contribution in [2.75, 3.05) is 0 Å². The average Bonchev–Trinajstić information content (AvgIpc) is 3.52. The Bertz CT molecular complexity index is 2770. The van der Waals surface area contributed by atoms with Gasteiger partial charge in [0.25, 0.3) is 0 Å². The zero-order valence-corrected chi connectivity index (χ0v) is 25.2. The largest absolute Gasteiger partial charge is 0.456 e. The van der Waals surface area contributed by atoms with Crippen molar-refractivity contribution in [3.63, 3.8) is 0 Å². The van der Waals surface area contributed by atoms with Crippen LogP contribution in [0.4, 0.5) is 0 Å². The molecule has 8 aromatic carbocycles. The molecule has 2 heterocycles. The number of fused-ring (bicyclic) bond motifs is 9. The fourth-order valence-corrected chi connectivity index (χ4v) is 6.92. The lowest BCUT2D eigenvalue weighted by atomic mass is 9.97. The van der Waals surface area contributed by atoms with Gasteiger partial charge in [-0.25, -0.2) is 15.0 Å². The second kappa shape index (κ2) is 10.1. The highest BCUT2D eigenvalue weighted by atomic mass is 16.3. The normalized spacial score (nSPS) is 11.8. The number of aromatic nitrogens is 3. The maximum absolute atomic E-state index is 6.42. The van der Waals surface area contributed by atoms with E-state index >= 15 is 0 Å². The number of hydrogen-bond donors (Lipinski definition) is 0. The van der Waals surface area contributed by atoms with Gasteiger partial charge in [0.1, 0.15) is 11.2 Å². The summed E-state index contributed by atoms with van der Waals surface area (Å²) >= 11 is 0. The molecular formula is C43H25N3O. The minimum absolute atomic E-state index is 0.618. The summed E-state index contributed by atoms with van der Waals surface area (Å²) in [5.74, 6) is 1.89. The Hall–Kier alpha value is -6.39. The van der Waals surface area contributed by atoms with Gasteiger partial charge in [-0.15, -0.1) is 0 Å². The first kappa shape index (κ1) is 25.9. The lowest BCUT2D eigenvalue weighted by Crippen LogP contribution is -2.00. The molecule has 0 aliphatic heterocycles. The molecule has 47 heavy (non-hydrogen) atoms. The van der Waals surface area contributed by atoms with Crippen LogP contribution in [0.1, 0.15) is 0 Å². The molecule has 0 fully saturated rings. The molecule has 2 aromatic heterocycles. The van der Waals surface area contributed by atoms with Gasteiger partial charge in [0.2, 0.25) is 0 Å². The number of nitrogens with zero attached hydrogens (tertiary/aromatic N) is 3. The van der Waals surface area contributed by atoms with Gasteiger partial charge in [-0.1, -0.05) is 115 Å². The van der Waals surface area contributed by atoms with E-state index in [1.54, 1.807) is 0 Å². The molecule has 0 unspecified atom stereocenters. The molecule has 0 amide bonds. The van der Waals surface area contributed by atoms with Crippen molar-refractivity contribution in [2.24, 2.45) is 0 Å². The molecule has 0 radical (unpaired) electrons. The summed E-state index contributed by atoms with van der Waals surface area (Å²) in [6, 6.07) is 52.9. The van der Waals surface area contributed by atoms with Gasteiger partial charge in [0.15, 0.2) is 17.5 Å². The van der Waals surface area contributed by atoms with Crippen LogP contribution in [0.15, 0.2) is 156 Å². The number of hydrogen-bond acceptors (Lipinski definition) is 4. The van der Waals surface area contributed by atoms with Gasteiger partial charge in [0.05, 0.1) is 0 Å². The molecule has 0 saturated carbocycles. The Kier molecular flexibility index (Phi) is 5.54. The molecular weight excluding hydrogens is 574 g/mol. The molecule has 0 saturated heterocycles. The van der Waals surface area contributed by atoms with Crippen LogP contribution in [-0.4, -0.2) is 15.0 Å². The maximum Gasteiger partial charge on any atom is 0.164 e. The summed E-state index contributed by atoms with van der Waals surface area (Å²) in [5.41, 5.74) is 4.50. The van der Waals surface area contributed by atoms with Crippen LogP contribution >= 0.6 is 0 Å². The van der Waals surface area contributed by atoms with Crippen molar-refractivity contribution in [2.45, 2.75) is 0 Å². The fraction of sp³-hybridized carbons (Fsp3) is 0. The van der Waals surface area contributed by atoms with Gasteiger partial charge in [-0.2, -0.15) is 0 Å². The molecule has 0 atom stereocenters. The van der Waals surface area contributed by atoms with Gasteiger partial charge in [-0.3, -0.25) is 0 Å². The van der Waals surface area contributed by atoms with Crippen LogP contribution in [0.5, 0.6) is 0 Å². The van der Waals surface area contributed by atoms with Crippen molar-refractivity contribution in [1.29, 1.82) is 0 Å². The van der Waals surface area contributed by atoms with E-state index in [0.29, 0.717) is 17.5 Å². The molecule has 4 nitrogen and oxygen atoms in total. The first-order valence-corrected chi connectivity index (χ1v) is 15.8. The van der Waals surface area contributed by atoms with Crippen molar-refractivity contribution in [3.05, 3.63) is 152 Å². The standard InChI is InChI=1S/C43H25N3O/c1-3-10-30-23-32(17-13-26(30)7-1)41-44-42(33-18-14-27-8-2-4-11-31(27)24-33)46-43(45-41)34-20-21-37-36(25-34)40-38(47-37)22-19-29-16-15-28-9-5-6-12-35(28)39(29)40/h1-25H. The van der Waals surface area contributed by atoms with E-state index < -0.39 is 0 Å². The van der Waals surface area contributed by atoms with Gasteiger partial charge < -0.3 is 4.42 Å². The Morgan fingerprint density at radius 2 is 0.787 bits per heavy atom. The van der Waals surface area contributed by atoms with E-state index in [9.17, 15) is 0 Å². The van der Waals surface area contributed by atoms with Crippen LogP contribution in [0.2, 0.25) is 0 Å². The quantitative estimate of drug-likeness (QED) is 0.190. The number of furan rings is 1. The SMILES string of the molecule is c1ccc2cc(-c3nc(-c4ccc5ccccc5c4)nc(-c4ccc5oc6ccc7ccc8ccccc8c7c6c5c4)n3)ccc2c1. The predicted molar refractivity (Wildman–Crippen MR) is 193 cm³/mol. The summed E-state index contributed by atoms with van der Waals surface area (Å²) in [7, 11) is 0. The Labute approximate surface area is 269 Å². The highest BCUT2D eigenvalue weighted by Crippen LogP contribution is 2.40. The van der Waals surface area contributed by atoms with Gasteiger partial charge in [0, 0.05) is 32.8 Å². The minimum atomic E-state index is 0.618. The predicted octanol–water partition coefficient (Wildman–Crippen LogP) is 11.4. The maximum atomic E-state index is 6.42. The molecule has 10 aromatic rings. The smallest absolute Gasteiger partial charge is 0.164 e. The Morgan fingerprint density at radius 1 is 0.319 bits per heavy atom. The molecule has 0 N–H and O–H groups in total. The second-order valence-electron chi connectivity index (χ2n) is 12.1. The lowest BCUT2D eigenvalue weighted by molar-refractivity contribution is 0.669. The summed E-state index contributed by atoms with van der Waals surface area (Å²) in [5, 5.41) is 11.6. The molecule has 10 rings (SSSR count). The highest BCUT2D eigenvalue weighted by molar-refractivity contribution is 6.26.